The van der Waals surface area contributed by atoms with Gasteiger partial charge in [0, 0.05) is 7.11 Å². The monoisotopic (exact) mass is 282 g/mol. The number of rotatable bonds is 6. The smallest absolute Gasteiger partial charge is 0.330 e. The van der Waals surface area contributed by atoms with Gasteiger partial charge in [-0.15, -0.1) is 0 Å². The van der Waals surface area contributed by atoms with Crippen LogP contribution in [-0.2, 0) is 17.8 Å². The van der Waals surface area contributed by atoms with Gasteiger partial charge < -0.3 is 20.3 Å². The molecule has 0 spiro atoms. The normalized spacial score (nSPS) is 10.7. The first-order valence-electron chi connectivity index (χ1n) is 5.74. The summed E-state index contributed by atoms with van der Waals surface area (Å²) in [5, 5.41) is 6.36. The Balaban J connectivity index is 2.27. The van der Waals surface area contributed by atoms with Gasteiger partial charge in [0.25, 0.3) is 5.56 Å². The van der Waals surface area contributed by atoms with Gasteiger partial charge in [0.05, 0.1) is 19.7 Å². The van der Waals surface area contributed by atoms with Crippen LogP contribution in [0.5, 0.6) is 0 Å². The average Bonchev–Trinajstić information content (AvgIpc) is 2.91. The van der Waals surface area contributed by atoms with Gasteiger partial charge in [-0.05, 0) is 0 Å². The number of hydrogen-bond acceptors (Lipinski definition) is 8. The third-order valence-electron chi connectivity index (χ3n) is 2.59. The Labute approximate surface area is 112 Å². The first-order valence-corrected chi connectivity index (χ1v) is 5.74. The molecule has 0 fully saturated rings. The number of anilines is 2. The van der Waals surface area contributed by atoms with Crippen molar-refractivity contribution in [3.63, 3.8) is 0 Å². The Morgan fingerprint density at radius 2 is 2.35 bits per heavy atom. The van der Waals surface area contributed by atoms with Crippen molar-refractivity contribution in [2.24, 2.45) is 0 Å². The molecule has 10 heteroatoms. The van der Waals surface area contributed by atoms with Gasteiger partial charge >= 0.3 is 5.69 Å². The van der Waals surface area contributed by atoms with Crippen molar-refractivity contribution in [1.82, 2.24) is 19.7 Å². The molecule has 108 valence electrons. The van der Waals surface area contributed by atoms with Gasteiger partial charge in [0.15, 0.2) is 5.82 Å². The van der Waals surface area contributed by atoms with Crippen molar-refractivity contribution >= 4 is 11.5 Å². The predicted molar refractivity (Wildman–Crippen MR) is 69.2 cm³/mol. The van der Waals surface area contributed by atoms with Crippen LogP contribution in [0.15, 0.2) is 20.5 Å². The minimum absolute atomic E-state index is 0.0271. The molecule has 2 heterocycles. The van der Waals surface area contributed by atoms with Crippen molar-refractivity contribution < 1.29 is 9.26 Å². The van der Waals surface area contributed by atoms with Crippen molar-refractivity contribution in [3.05, 3.63) is 33.1 Å². The molecule has 10 nitrogen and oxygen atoms in total. The molecule has 0 bridgehead atoms. The fraction of sp³-hybridized carbons (Fsp3) is 0.400. The summed E-state index contributed by atoms with van der Waals surface area (Å²) < 4.78 is 10.7. The summed E-state index contributed by atoms with van der Waals surface area (Å²) in [6, 6.07) is 0. The summed E-state index contributed by atoms with van der Waals surface area (Å²) in [5.74, 6) is 0.387. The van der Waals surface area contributed by atoms with E-state index in [0.717, 1.165) is 0 Å². The number of nitrogen functional groups attached to an aromatic ring is 1. The van der Waals surface area contributed by atoms with E-state index in [1.165, 1.54) is 18.1 Å². The van der Waals surface area contributed by atoms with E-state index in [4.69, 9.17) is 10.5 Å². The standard InChI is InChI=1S/C10H14N6O4/c1-19-3-2-16-8(11)7(9(17)14-10(16)18)12-4-6-13-5-20-15-6/h5,12H,2-4,11H2,1H3,(H,14,17,18). The van der Waals surface area contributed by atoms with E-state index < -0.39 is 11.2 Å². The van der Waals surface area contributed by atoms with E-state index in [-0.39, 0.29) is 24.6 Å². The number of nitrogens with one attached hydrogen (secondary N) is 2. The summed E-state index contributed by atoms with van der Waals surface area (Å²) in [6.07, 6.45) is 1.17. The minimum atomic E-state index is -0.607. The van der Waals surface area contributed by atoms with Crippen molar-refractivity contribution in [1.29, 1.82) is 0 Å². The summed E-state index contributed by atoms with van der Waals surface area (Å²) >= 11 is 0. The third-order valence-corrected chi connectivity index (χ3v) is 2.59. The highest BCUT2D eigenvalue weighted by molar-refractivity contribution is 5.60. The number of H-pyrrole nitrogens is 1. The fourth-order valence-electron chi connectivity index (χ4n) is 1.60. The molecule has 0 saturated heterocycles. The zero-order valence-corrected chi connectivity index (χ0v) is 10.8. The molecular formula is C10H14N6O4. The Bertz CT molecular complexity index is 674. The second kappa shape index (κ2) is 6.02. The Kier molecular flexibility index (Phi) is 4.15. The second-order valence-corrected chi connectivity index (χ2v) is 3.86. The fourth-order valence-corrected chi connectivity index (χ4v) is 1.60. The van der Waals surface area contributed by atoms with Gasteiger partial charge in [-0.3, -0.25) is 14.3 Å². The SMILES string of the molecule is COCCn1c(N)c(NCc2ncon2)c(=O)[nH]c1=O. The van der Waals surface area contributed by atoms with E-state index in [2.05, 4.69) is 25.0 Å². The highest BCUT2D eigenvalue weighted by atomic mass is 16.5. The Morgan fingerprint density at radius 3 is 3.00 bits per heavy atom. The molecule has 0 atom stereocenters. The lowest BCUT2D eigenvalue weighted by molar-refractivity contribution is 0.186. The van der Waals surface area contributed by atoms with E-state index in [9.17, 15) is 9.59 Å². The molecule has 20 heavy (non-hydrogen) atoms. The summed E-state index contributed by atoms with van der Waals surface area (Å²) in [6.45, 7) is 0.668. The summed E-state index contributed by atoms with van der Waals surface area (Å²) in [4.78, 5) is 29.4. The maximum Gasteiger partial charge on any atom is 0.330 e. The van der Waals surface area contributed by atoms with Crippen LogP contribution in [0.4, 0.5) is 11.5 Å². The number of hydrogen-bond donors (Lipinski definition) is 3. The van der Waals surface area contributed by atoms with E-state index in [0.29, 0.717) is 12.4 Å². The average molecular weight is 282 g/mol. The Morgan fingerprint density at radius 1 is 1.55 bits per heavy atom. The molecule has 0 saturated carbocycles. The summed E-state index contributed by atoms with van der Waals surface area (Å²) in [7, 11) is 1.50. The predicted octanol–water partition coefficient (Wildman–Crippen LogP) is -1.24. The molecule has 0 aliphatic rings. The molecule has 0 amide bonds. The molecule has 2 aromatic rings. The number of methoxy groups -OCH3 is 1. The van der Waals surface area contributed by atoms with Crippen LogP contribution in [0, 0.1) is 0 Å². The minimum Gasteiger partial charge on any atom is -0.383 e. The molecule has 0 aromatic carbocycles. The van der Waals surface area contributed by atoms with Gasteiger partial charge in [-0.2, -0.15) is 4.98 Å². The van der Waals surface area contributed by atoms with E-state index in [1.807, 2.05) is 0 Å². The van der Waals surface area contributed by atoms with Crippen LogP contribution in [0.2, 0.25) is 0 Å². The number of aromatic nitrogens is 4. The first-order chi connectivity index (χ1) is 9.63. The lowest BCUT2D eigenvalue weighted by Gasteiger charge is -2.12. The van der Waals surface area contributed by atoms with Gasteiger partial charge in [0.1, 0.15) is 11.5 Å². The number of aromatic amines is 1. The van der Waals surface area contributed by atoms with E-state index in [1.54, 1.807) is 0 Å². The highest BCUT2D eigenvalue weighted by Gasteiger charge is 2.12. The maximum absolute atomic E-state index is 11.7. The topological polar surface area (TPSA) is 141 Å². The van der Waals surface area contributed by atoms with Crippen molar-refractivity contribution in [2.75, 3.05) is 24.8 Å². The molecule has 0 radical (unpaired) electrons. The maximum atomic E-state index is 11.7. The van der Waals surface area contributed by atoms with Crippen LogP contribution in [0.3, 0.4) is 0 Å². The molecule has 0 aliphatic carbocycles. The van der Waals surface area contributed by atoms with Crippen LogP contribution < -0.4 is 22.3 Å². The zero-order valence-electron chi connectivity index (χ0n) is 10.8. The highest BCUT2D eigenvalue weighted by Crippen LogP contribution is 2.10. The molecule has 2 rings (SSSR count). The molecule has 2 aromatic heterocycles. The van der Waals surface area contributed by atoms with Crippen LogP contribution in [-0.4, -0.2) is 33.4 Å². The second-order valence-electron chi connectivity index (χ2n) is 3.86. The molecule has 0 aliphatic heterocycles. The van der Waals surface area contributed by atoms with Gasteiger partial charge in [0.2, 0.25) is 6.39 Å². The van der Waals surface area contributed by atoms with Crippen molar-refractivity contribution in [2.45, 2.75) is 13.1 Å². The number of nitrogens with zero attached hydrogens (tertiary/aromatic N) is 3. The third kappa shape index (κ3) is 2.85. The molecule has 4 N–H and O–H groups in total. The lowest BCUT2D eigenvalue weighted by Crippen LogP contribution is -2.35. The largest absolute Gasteiger partial charge is 0.383 e. The van der Waals surface area contributed by atoms with Crippen molar-refractivity contribution in [3.8, 4) is 0 Å². The number of nitrogens with two attached hydrogens (primary N) is 1. The summed E-state index contributed by atoms with van der Waals surface area (Å²) in [5.41, 5.74) is 4.71. The van der Waals surface area contributed by atoms with Gasteiger partial charge in [-0.25, -0.2) is 4.79 Å². The zero-order chi connectivity index (χ0) is 14.5. The van der Waals surface area contributed by atoms with Gasteiger partial charge in [-0.1, -0.05) is 5.16 Å². The Hall–Kier alpha value is -2.62. The quantitative estimate of drug-likeness (QED) is 0.597. The number of ether oxygens (including phenoxy) is 1. The van der Waals surface area contributed by atoms with Crippen LogP contribution >= 0.6 is 0 Å². The van der Waals surface area contributed by atoms with Crippen LogP contribution in [0.25, 0.3) is 0 Å². The first kappa shape index (κ1) is 13.8. The van der Waals surface area contributed by atoms with E-state index >= 15 is 0 Å². The van der Waals surface area contributed by atoms with Crippen LogP contribution in [0.1, 0.15) is 5.82 Å². The molecule has 0 unspecified atom stereocenters. The molecular weight excluding hydrogens is 268 g/mol. The lowest BCUT2D eigenvalue weighted by atomic mass is 10.4.